The van der Waals surface area contributed by atoms with Crippen molar-refractivity contribution >= 4 is 29.3 Å². The third-order valence-electron chi connectivity index (χ3n) is 5.44. The number of para-hydroxylation sites is 3. The number of amides is 2. The lowest BCUT2D eigenvalue weighted by Crippen LogP contribution is -2.27. The second-order valence-corrected chi connectivity index (χ2v) is 8.82. The van der Waals surface area contributed by atoms with Crippen molar-refractivity contribution < 1.29 is 18.7 Å². The molecule has 5 rings (SSSR count). The minimum atomic E-state index is -0.238. The number of rotatable bonds is 7. The SMILES string of the molecule is O=C(Nc1ccccc1Oc1ccccc1)c1ccc([C@H]2SCC(=O)N2Cc2ccco2)cc1. The average molecular weight is 471 g/mol. The van der Waals surface area contributed by atoms with Crippen molar-refractivity contribution in [3.63, 3.8) is 0 Å². The summed E-state index contributed by atoms with van der Waals surface area (Å²) < 4.78 is 11.4. The van der Waals surface area contributed by atoms with Gasteiger partial charge in [-0.2, -0.15) is 0 Å². The molecule has 0 bridgehead atoms. The number of nitrogens with one attached hydrogen (secondary N) is 1. The molecule has 0 aliphatic carbocycles. The van der Waals surface area contributed by atoms with E-state index >= 15 is 0 Å². The van der Waals surface area contributed by atoms with Gasteiger partial charge in [-0.1, -0.05) is 42.5 Å². The van der Waals surface area contributed by atoms with Gasteiger partial charge in [-0.25, -0.2) is 0 Å². The topological polar surface area (TPSA) is 71.8 Å². The fourth-order valence-corrected chi connectivity index (χ4v) is 4.93. The van der Waals surface area contributed by atoms with Crippen LogP contribution in [0.4, 0.5) is 5.69 Å². The molecule has 6 nitrogen and oxygen atoms in total. The quantitative estimate of drug-likeness (QED) is 0.353. The normalized spacial score (nSPS) is 15.4. The van der Waals surface area contributed by atoms with E-state index in [1.54, 1.807) is 41.1 Å². The molecule has 4 aromatic rings. The zero-order valence-corrected chi connectivity index (χ0v) is 19.0. The predicted molar refractivity (Wildman–Crippen MR) is 132 cm³/mol. The Labute approximate surface area is 201 Å². The molecule has 0 spiro atoms. The molecular weight excluding hydrogens is 448 g/mol. The summed E-state index contributed by atoms with van der Waals surface area (Å²) in [5, 5.41) is 2.82. The summed E-state index contributed by atoms with van der Waals surface area (Å²) in [7, 11) is 0. The highest BCUT2D eigenvalue weighted by Gasteiger charge is 2.33. The van der Waals surface area contributed by atoms with Crippen molar-refractivity contribution in [3.8, 4) is 11.5 Å². The Morgan fingerprint density at radius 2 is 1.74 bits per heavy atom. The fraction of sp³-hybridized carbons (Fsp3) is 0.111. The van der Waals surface area contributed by atoms with E-state index in [2.05, 4.69) is 5.32 Å². The molecule has 1 saturated heterocycles. The van der Waals surface area contributed by atoms with E-state index in [-0.39, 0.29) is 17.2 Å². The van der Waals surface area contributed by atoms with Crippen LogP contribution >= 0.6 is 11.8 Å². The van der Waals surface area contributed by atoms with Gasteiger partial charge in [0.25, 0.3) is 5.91 Å². The number of nitrogens with zero attached hydrogens (tertiary/aromatic N) is 1. The van der Waals surface area contributed by atoms with Crippen LogP contribution in [0.5, 0.6) is 11.5 Å². The number of carbonyl (C=O) groups excluding carboxylic acids is 2. The number of anilines is 1. The van der Waals surface area contributed by atoms with Gasteiger partial charge >= 0.3 is 0 Å². The molecule has 2 amide bonds. The third kappa shape index (κ3) is 4.84. The monoisotopic (exact) mass is 470 g/mol. The van der Waals surface area contributed by atoms with Gasteiger partial charge in [0, 0.05) is 5.56 Å². The molecule has 1 aliphatic rings. The first kappa shape index (κ1) is 21.9. The minimum absolute atomic E-state index is 0.0724. The van der Waals surface area contributed by atoms with Crippen molar-refractivity contribution in [1.29, 1.82) is 0 Å². The first-order valence-corrected chi connectivity index (χ1v) is 11.9. The van der Waals surface area contributed by atoms with Gasteiger partial charge in [0.05, 0.1) is 24.2 Å². The van der Waals surface area contributed by atoms with Crippen LogP contribution in [-0.4, -0.2) is 22.5 Å². The summed E-state index contributed by atoms with van der Waals surface area (Å²) in [5.74, 6) is 2.25. The summed E-state index contributed by atoms with van der Waals surface area (Å²) in [6.07, 6.45) is 1.61. The van der Waals surface area contributed by atoms with E-state index in [1.807, 2.05) is 72.8 Å². The summed E-state index contributed by atoms with van der Waals surface area (Å²) in [6.45, 7) is 0.421. The van der Waals surface area contributed by atoms with Crippen molar-refractivity contribution in [2.45, 2.75) is 11.9 Å². The Morgan fingerprint density at radius 1 is 0.971 bits per heavy atom. The number of furan rings is 1. The first-order chi connectivity index (χ1) is 16.7. The van der Waals surface area contributed by atoms with Crippen molar-refractivity contribution in [2.75, 3.05) is 11.1 Å². The summed E-state index contributed by atoms with van der Waals surface area (Å²) in [4.78, 5) is 27.1. The fourth-order valence-electron chi connectivity index (χ4n) is 3.74. The molecule has 1 fully saturated rings. The number of hydrogen-bond acceptors (Lipinski definition) is 5. The number of hydrogen-bond donors (Lipinski definition) is 1. The zero-order valence-electron chi connectivity index (χ0n) is 18.2. The predicted octanol–water partition coefficient (Wildman–Crippen LogP) is 6.10. The Morgan fingerprint density at radius 3 is 2.50 bits per heavy atom. The lowest BCUT2D eigenvalue weighted by atomic mass is 10.1. The van der Waals surface area contributed by atoms with E-state index < -0.39 is 0 Å². The van der Waals surface area contributed by atoms with Crippen LogP contribution in [-0.2, 0) is 11.3 Å². The molecular formula is C27H22N2O4S. The molecule has 1 aromatic heterocycles. The van der Waals surface area contributed by atoms with Gasteiger partial charge < -0.3 is 19.4 Å². The van der Waals surface area contributed by atoms with Crippen LogP contribution in [0, 0.1) is 0 Å². The number of ether oxygens (including phenoxy) is 1. The average Bonchev–Trinajstić information content (AvgIpc) is 3.51. The molecule has 2 heterocycles. The van der Waals surface area contributed by atoms with Crippen molar-refractivity contribution in [3.05, 3.63) is 114 Å². The van der Waals surface area contributed by atoms with Gasteiger partial charge in [0.1, 0.15) is 16.9 Å². The highest BCUT2D eigenvalue weighted by atomic mass is 32.2. The number of benzene rings is 3. The van der Waals surface area contributed by atoms with Gasteiger partial charge in [0.2, 0.25) is 5.91 Å². The molecule has 0 saturated carbocycles. The maximum absolute atomic E-state index is 12.9. The van der Waals surface area contributed by atoms with E-state index in [0.717, 1.165) is 11.3 Å². The number of carbonyl (C=O) groups is 2. The zero-order chi connectivity index (χ0) is 23.3. The van der Waals surface area contributed by atoms with E-state index in [4.69, 9.17) is 9.15 Å². The van der Waals surface area contributed by atoms with Crippen LogP contribution in [0.15, 0.2) is 102 Å². The molecule has 0 radical (unpaired) electrons. The Balaban J connectivity index is 1.29. The van der Waals surface area contributed by atoms with Crippen molar-refractivity contribution in [2.24, 2.45) is 0 Å². The van der Waals surface area contributed by atoms with Gasteiger partial charge in [0.15, 0.2) is 5.75 Å². The highest BCUT2D eigenvalue weighted by molar-refractivity contribution is 8.00. The molecule has 3 aromatic carbocycles. The molecule has 1 N–H and O–H groups in total. The summed E-state index contributed by atoms with van der Waals surface area (Å²) in [5.41, 5.74) is 2.07. The van der Waals surface area contributed by atoms with Crippen LogP contribution in [0.1, 0.15) is 27.1 Å². The molecule has 0 unspecified atom stereocenters. The lowest BCUT2D eigenvalue weighted by molar-refractivity contribution is -0.128. The maximum atomic E-state index is 12.9. The van der Waals surface area contributed by atoms with Gasteiger partial charge in [-0.05, 0) is 54.1 Å². The second kappa shape index (κ2) is 9.89. The Kier molecular flexibility index (Phi) is 6.35. The minimum Gasteiger partial charge on any atom is -0.467 e. The molecule has 1 atom stereocenters. The van der Waals surface area contributed by atoms with Crippen LogP contribution in [0.2, 0.25) is 0 Å². The summed E-state index contributed by atoms with van der Waals surface area (Å²) >= 11 is 1.57. The Bertz CT molecular complexity index is 1270. The van der Waals surface area contributed by atoms with Crippen LogP contribution in [0.3, 0.4) is 0 Å². The lowest BCUT2D eigenvalue weighted by Gasteiger charge is -2.23. The van der Waals surface area contributed by atoms with Crippen LogP contribution < -0.4 is 10.1 Å². The third-order valence-corrected chi connectivity index (χ3v) is 6.69. The van der Waals surface area contributed by atoms with Crippen LogP contribution in [0.25, 0.3) is 0 Å². The smallest absolute Gasteiger partial charge is 0.255 e. The molecule has 170 valence electrons. The maximum Gasteiger partial charge on any atom is 0.255 e. The molecule has 7 heteroatoms. The van der Waals surface area contributed by atoms with Crippen molar-refractivity contribution in [1.82, 2.24) is 4.90 Å². The Hall–Kier alpha value is -3.97. The summed E-state index contributed by atoms with van der Waals surface area (Å²) in [6, 6.07) is 27.8. The second-order valence-electron chi connectivity index (χ2n) is 7.75. The highest BCUT2D eigenvalue weighted by Crippen LogP contribution is 2.39. The molecule has 34 heavy (non-hydrogen) atoms. The van der Waals surface area contributed by atoms with Gasteiger partial charge in [-0.3, -0.25) is 9.59 Å². The van der Waals surface area contributed by atoms with Gasteiger partial charge in [-0.15, -0.1) is 11.8 Å². The molecule has 1 aliphatic heterocycles. The first-order valence-electron chi connectivity index (χ1n) is 10.8. The number of thioether (sulfide) groups is 1. The standard InChI is InChI=1S/C27H22N2O4S/c30-25-18-34-27(29(25)17-22-9-6-16-32-22)20-14-12-19(13-15-20)26(31)28-23-10-4-5-11-24(23)33-21-7-2-1-3-8-21/h1-16,27H,17-18H2,(H,28,31)/t27-/m1/s1. The van der Waals surface area contributed by atoms with E-state index in [0.29, 0.717) is 35.0 Å². The van der Waals surface area contributed by atoms with E-state index in [1.165, 1.54) is 0 Å². The largest absolute Gasteiger partial charge is 0.467 e. The van der Waals surface area contributed by atoms with E-state index in [9.17, 15) is 9.59 Å².